The van der Waals surface area contributed by atoms with Crippen LogP contribution in [0.4, 0.5) is 5.69 Å². The first-order valence-electron chi connectivity index (χ1n) is 11.4. The summed E-state index contributed by atoms with van der Waals surface area (Å²) in [5.41, 5.74) is 0.985. The minimum absolute atomic E-state index is 0.0764. The van der Waals surface area contributed by atoms with E-state index in [2.05, 4.69) is 15.4 Å². The molecule has 0 atom stereocenters. The number of benzene rings is 1. The molecule has 1 fully saturated rings. The Morgan fingerprint density at radius 2 is 2.00 bits per heavy atom. The summed E-state index contributed by atoms with van der Waals surface area (Å²) >= 11 is 0. The van der Waals surface area contributed by atoms with Crippen LogP contribution in [0, 0.1) is 17.0 Å². The molecule has 36 heavy (non-hydrogen) atoms. The molecule has 0 bridgehead atoms. The summed E-state index contributed by atoms with van der Waals surface area (Å²) in [4.78, 5) is 27.3. The molecule has 1 aliphatic rings. The minimum atomic E-state index is -4.04. The third kappa shape index (κ3) is 5.06. The van der Waals surface area contributed by atoms with Crippen molar-refractivity contribution in [3.05, 3.63) is 69.7 Å². The molecule has 1 saturated heterocycles. The van der Waals surface area contributed by atoms with Gasteiger partial charge in [-0.05, 0) is 44.4 Å². The third-order valence-corrected chi connectivity index (χ3v) is 7.77. The van der Waals surface area contributed by atoms with Gasteiger partial charge in [-0.15, -0.1) is 0 Å². The van der Waals surface area contributed by atoms with Gasteiger partial charge in [-0.1, -0.05) is 6.07 Å². The number of aryl methyl sites for hydroxylation is 1. The van der Waals surface area contributed by atoms with E-state index in [0.717, 1.165) is 11.6 Å². The average Bonchev–Trinajstić information content (AvgIpc) is 3.53. The number of sulfonamides is 1. The van der Waals surface area contributed by atoms with Crippen molar-refractivity contribution in [2.75, 3.05) is 13.1 Å². The highest BCUT2D eigenvalue weighted by Crippen LogP contribution is 2.36. The monoisotopic (exact) mass is 514 g/mol. The number of carbonyl (C=O) groups excluding carboxylic acids is 1. The van der Waals surface area contributed by atoms with E-state index in [4.69, 9.17) is 4.74 Å². The number of nitro groups is 1. The lowest BCUT2D eigenvalue weighted by Gasteiger charge is -2.18. The molecule has 12 nitrogen and oxygen atoms in total. The van der Waals surface area contributed by atoms with Gasteiger partial charge in [0.25, 0.3) is 11.6 Å². The van der Waals surface area contributed by atoms with Crippen LogP contribution in [-0.2, 0) is 23.1 Å². The summed E-state index contributed by atoms with van der Waals surface area (Å²) < 4.78 is 35.4. The van der Waals surface area contributed by atoms with E-state index < -0.39 is 20.9 Å². The highest BCUT2D eigenvalue weighted by atomic mass is 32.2. The Morgan fingerprint density at radius 1 is 1.25 bits per heavy atom. The molecule has 4 rings (SSSR count). The van der Waals surface area contributed by atoms with Gasteiger partial charge < -0.3 is 10.1 Å². The summed E-state index contributed by atoms with van der Waals surface area (Å²) in [5.74, 6) is -0.328. The molecule has 1 amide bonds. The second-order valence-corrected chi connectivity index (χ2v) is 10.1. The maximum Gasteiger partial charge on any atom is 0.272 e. The first-order valence-corrected chi connectivity index (χ1v) is 12.9. The Morgan fingerprint density at radius 3 is 2.64 bits per heavy atom. The summed E-state index contributed by atoms with van der Waals surface area (Å²) in [6.45, 7) is 4.70. The molecule has 0 unspecified atom stereocenters. The van der Waals surface area contributed by atoms with Crippen molar-refractivity contribution in [2.45, 2.75) is 44.7 Å². The first-order chi connectivity index (χ1) is 17.2. The van der Waals surface area contributed by atoms with Crippen LogP contribution in [0.3, 0.4) is 0 Å². The number of nitro benzene ring substituents is 1. The Bertz CT molecular complexity index is 1380. The lowest BCUT2D eigenvalue weighted by Crippen LogP contribution is -2.28. The molecule has 0 radical (unpaired) electrons. The van der Waals surface area contributed by atoms with Crippen LogP contribution < -0.4 is 10.1 Å². The van der Waals surface area contributed by atoms with Gasteiger partial charge >= 0.3 is 0 Å². The van der Waals surface area contributed by atoms with Crippen LogP contribution in [0.15, 0.2) is 47.6 Å². The minimum Gasteiger partial charge on any atom is -0.438 e. The van der Waals surface area contributed by atoms with E-state index in [1.165, 1.54) is 21.1 Å². The van der Waals surface area contributed by atoms with Gasteiger partial charge in [0.2, 0.25) is 15.9 Å². The maximum absolute atomic E-state index is 13.3. The number of carbonyl (C=O) groups is 1. The predicted octanol–water partition coefficient (Wildman–Crippen LogP) is 3.02. The standard InChI is InChI=1S/C23H26N6O6S/c1-3-28-23(16(2)21(26-28)22(30)25-15-17-7-6-10-24-14-17)35-19-9-8-18(29(31)32)13-20(19)36(33,34)27-11-4-5-12-27/h6-10,13-14H,3-5,11-12,15H2,1-2H3,(H,25,30). The number of pyridine rings is 1. The quantitative estimate of drug-likeness (QED) is 0.338. The number of non-ortho nitro benzene ring substituents is 1. The van der Waals surface area contributed by atoms with Crippen LogP contribution in [0.25, 0.3) is 0 Å². The van der Waals surface area contributed by atoms with Gasteiger partial charge in [0.05, 0.1) is 4.92 Å². The zero-order valence-corrected chi connectivity index (χ0v) is 20.7. The molecule has 3 aromatic rings. The summed E-state index contributed by atoms with van der Waals surface area (Å²) in [6.07, 6.45) is 4.70. The van der Waals surface area contributed by atoms with Crippen LogP contribution in [0.1, 0.15) is 41.4 Å². The van der Waals surface area contributed by atoms with Crippen molar-refractivity contribution >= 4 is 21.6 Å². The Kier molecular flexibility index (Phi) is 7.31. The molecule has 1 aromatic carbocycles. The normalized spacial score (nSPS) is 14.1. The van der Waals surface area contributed by atoms with Gasteiger partial charge in [0.1, 0.15) is 10.6 Å². The molecular formula is C23H26N6O6S. The predicted molar refractivity (Wildman–Crippen MR) is 129 cm³/mol. The van der Waals surface area contributed by atoms with E-state index >= 15 is 0 Å². The van der Waals surface area contributed by atoms with Gasteiger partial charge in [0, 0.05) is 56.3 Å². The topological polar surface area (TPSA) is 150 Å². The lowest BCUT2D eigenvalue weighted by molar-refractivity contribution is -0.385. The van der Waals surface area contributed by atoms with Crippen molar-refractivity contribution in [2.24, 2.45) is 0 Å². The van der Waals surface area contributed by atoms with Crippen LogP contribution >= 0.6 is 0 Å². The Hall–Kier alpha value is -3.84. The summed E-state index contributed by atoms with van der Waals surface area (Å²) in [5, 5.41) is 18.5. The molecule has 1 N–H and O–H groups in total. The summed E-state index contributed by atoms with van der Waals surface area (Å²) in [6, 6.07) is 7.04. The molecular weight excluding hydrogens is 488 g/mol. The average molecular weight is 515 g/mol. The first kappa shape index (κ1) is 25.3. The summed E-state index contributed by atoms with van der Waals surface area (Å²) in [7, 11) is -4.04. The number of nitrogens with one attached hydrogen (secondary N) is 1. The fourth-order valence-corrected chi connectivity index (χ4v) is 5.58. The molecule has 2 aromatic heterocycles. The van der Waals surface area contributed by atoms with E-state index in [-0.39, 0.29) is 34.5 Å². The van der Waals surface area contributed by atoms with Crippen molar-refractivity contribution in [3.8, 4) is 11.6 Å². The van der Waals surface area contributed by atoms with Gasteiger partial charge in [0.15, 0.2) is 5.69 Å². The fourth-order valence-electron chi connectivity index (χ4n) is 3.93. The van der Waals surface area contributed by atoms with E-state index in [9.17, 15) is 23.3 Å². The van der Waals surface area contributed by atoms with Gasteiger partial charge in [-0.25, -0.2) is 13.1 Å². The highest BCUT2D eigenvalue weighted by molar-refractivity contribution is 7.89. The molecule has 3 heterocycles. The highest BCUT2D eigenvalue weighted by Gasteiger charge is 2.33. The number of nitrogens with zero attached hydrogens (tertiary/aromatic N) is 5. The molecule has 13 heteroatoms. The van der Waals surface area contributed by atoms with Crippen molar-refractivity contribution in [1.29, 1.82) is 0 Å². The smallest absolute Gasteiger partial charge is 0.272 e. The van der Waals surface area contributed by atoms with Gasteiger partial charge in [-0.3, -0.25) is 19.9 Å². The van der Waals surface area contributed by atoms with Crippen molar-refractivity contribution < 1.29 is 22.9 Å². The number of aromatic nitrogens is 3. The van der Waals surface area contributed by atoms with E-state index in [1.807, 2.05) is 6.07 Å². The number of hydrogen-bond acceptors (Lipinski definition) is 8. The van der Waals surface area contributed by atoms with E-state index in [1.54, 1.807) is 32.3 Å². The number of amides is 1. The number of hydrogen-bond donors (Lipinski definition) is 1. The van der Waals surface area contributed by atoms with Crippen molar-refractivity contribution in [3.63, 3.8) is 0 Å². The van der Waals surface area contributed by atoms with Crippen molar-refractivity contribution in [1.82, 2.24) is 24.4 Å². The largest absolute Gasteiger partial charge is 0.438 e. The SMILES string of the molecule is CCn1nc(C(=O)NCc2cccnc2)c(C)c1Oc1ccc([N+](=O)[O-])cc1S(=O)(=O)N1CCCC1. The zero-order chi connectivity index (χ0) is 25.9. The Labute approximate surface area is 208 Å². The fraction of sp³-hybridized carbons (Fsp3) is 0.348. The number of ether oxygens (including phenoxy) is 1. The van der Waals surface area contributed by atoms with Crippen LogP contribution in [-0.4, -0.2) is 51.4 Å². The molecule has 0 spiro atoms. The van der Waals surface area contributed by atoms with Crippen LogP contribution in [0.2, 0.25) is 0 Å². The third-order valence-electron chi connectivity index (χ3n) is 5.85. The lowest BCUT2D eigenvalue weighted by atomic mass is 10.2. The second-order valence-electron chi connectivity index (χ2n) is 8.24. The van der Waals surface area contributed by atoms with Crippen LogP contribution in [0.5, 0.6) is 11.6 Å². The molecule has 0 aliphatic carbocycles. The maximum atomic E-state index is 13.3. The molecule has 0 saturated carbocycles. The Balaban J connectivity index is 1.67. The van der Waals surface area contributed by atoms with E-state index in [0.29, 0.717) is 38.0 Å². The molecule has 190 valence electrons. The number of rotatable bonds is 9. The zero-order valence-electron chi connectivity index (χ0n) is 19.9. The van der Waals surface area contributed by atoms with Gasteiger partial charge in [-0.2, -0.15) is 9.40 Å². The molecule has 1 aliphatic heterocycles. The second kappa shape index (κ2) is 10.4.